The van der Waals surface area contributed by atoms with Gasteiger partial charge in [-0.05, 0) is 54.7 Å². The van der Waals surface area contributed by atoms with E-state index in [9.17, 15) is 0 Å². The monoisotopic (exact) mass is 481 g/mol. The van der Waals surface area contributed by atoms with Crippen LogP contribution in [0.25, 0.3) is 11.4 Å². The maximum Gasteiger partial charge on any atom is 0.231 e. The standard InChI is InChI=1S/C31H35N3O2/c1-4-5-15-34-28(18-32-31(34)27-9-7-6-8-10-27)21-33(19-25-12-11-23(2)24(3)16-25)20-26-13-14-29-30(17-26)36-22-35-29/h6-14,16-18H,4-5,15,19-22H2,1-3H3. The summed E-state index contributed by atoms with van der Waals surface area (Å²) in [6.45, 7) is 10.3. The van der Waals surface area contributed by atoms with Crippen molar-refractivity contribution in [2.75, 3.05) is 6.79 Å². The third kappa shape index (κ3) is 5.47. The second-order valence-corrected chi connectivity index (χ2v) is 9.70. The Hall–Kier alpha value is -3.57. The average Bonchev–Trinajstić information content (AvgIpc) is 3.52. The van der Waals surface area contributed by atoms with Crippen LogP contribution in [0, 0.1) is 13.8 Å². The van der Waals surface area contributed by atoms with Gasteiger partial charge in [-0.2, -0.15) is 0 Å². The van der Waals surface area contributed by atoms with Crippen LogP contribution in [0.3, 0.4) is 0 Å². The zero-order valence-electron chi connectivity index (χ0n) is 21.5. The van der Waals surface area contributed by atoms with Gasteiger partial charge in [0, 0.05) is 31.7 Å². The molecule has 5 nitrogen and oxygen atoms in total. The number of fused-ring (bicyclic) bond motifs is 1. The Kier molecular flexibility index (Phi) is 7.38. The second kappa shape index (κ2) is 11.0. The molecule has 5 heteroatoms. The summed E-state index contributed by atoms with van der Waals surface area (Å²) in [6.07, 6.45) is 4.34. The van der Waals surface area contributed by atoms with Crippen LogP contribution in [-0.4, -0.2) is 21.2 Å². The third-order valence-electron chi connectivity index (χ3n) is 6.91. The molecule has 4 aromatic rings. The van der Waals surface area contributed by atoms with E-state index in [-0.39, 0.29) is 0 Å². The zero-order chi connectivity index (χ0) is 24.9. The SMILES string of the molecule is CCCCn1c(CN(Cc2ccc(C)c(C)c2)Cc2ccc3c(c2)OCO3)cnc1-c1ccccc1. The van der Waals surface area contributed by atoms with Crippen LogP contribution >= 0.6 is 0 Å². The van der Waals surface area contributed by atoms with Crippen LogP contribution in [-0.2, 0) is 26.2 Å². The van der Waals surface area contributed by atoms with E-state index >= 15 is 0 Å². The number of unbranched alkanes of at least 4 members (excludes halogenated alkanes) is 1. The lowest BCUT2D eigenvalue weighted by Gasteiger charge is -2.24. The Bertz CT molecular complexity index is 1310. The predicted octanol–water partition coefficient (Wildman–Crippen LogP) is 6.90. The van der Waals surface area contributed by atoms with Gasteiger partial charge < -0.3 is 14.0 Å². The minimum atomic E-state index is 0.296. The van der Waals surface area contributed by atoms with Gasteiger partial charge in [0.2, 0.25) is 6.79 Å². The van der Waals surface area contributed by atoms with Gasteiger partial charge in [-0.3, -0.25) is 4.90 Å². The molecule has 0 amide bonds. The first-order valence-corrected chi connectivity index (χ1v) is 12.9. The first-order chi connectivity index (χ1) is 17.6. The summed E-state index contributed by atoms with van der Waals surface area (Å²) in [5.41, 5.74) is 7.59. The van der Waals surface area contributed by atoms with Crippen molar-refractivity contribution in [3.8, 4) is 22.9 Å². The van der Waals surface area contributed by atoms with Crippen molar-refractivity contribution in [1.82, 2.24) is 14.5 Å². The van der Waals surface area contributed by atoms with E-state index in [2.05, 4.69) is 97.1 Å². The Morgan fingerprint density at radius 1 is 0.833 bits per heavy atom. The van der Waals surface area contributed by atoms with E-state index in [0.29, 0.717) is 6.79 Å². The molecule has 5 rings (SSSR count). The van der Waals surface area contributed by atoms with Gasteiger partial charge in [-0.15, -0.1) is 0 Å². The minimum Gasteiger partial charge on any atom is -0.454 e. The van der Waals surface area contributed by atoms with Crippen LogP contribution in [0.5, 0.6) is 11.5 Å². The van der Waals surface area contributed by atoms with Crippen LogP contribution in [0.15, 0.2) is 72.9 Å². The second-order valence-electron chi connectivity index (χ2n) is 9.70. The van der Waals surface area contributed by atoms with Crippen LogP contribution in [0.1, 0.15) is 47.7 Å². The van der Waals surface area contributed by atoms with E-state index in [1.54, 1.807) is 0 Å². The van der Waals surface area contributed by atoms with E-state index in [1.165, 1.54) is 27.9 Å². The molecule has 0 atom stereocenters. The number of benzene rings is 3. The summed E-state index contributed by atoms with van der Waals surface area (Å²) in [4.78, 5) is 7.38. The molecule has 0 spiro atoms. The molecule has 2 heterocycles. The molecular weight excluding hydrogens is 446 g/mol. The smallest absolute Gasteiger partial charge is 0.231 e. The van der Waals surface area contributed by atoms with Crippen molar-refractivity contribution >= 4 is 0 Å². The summed E-state index contributed by atoms with van der Waals surface area (Å²) in [6, 6.07) is 23.6. The molecule has 186 valence electrons. The highest BCUT2D eigenvalue weighted by molar-refractivity contribution is 5.56. The lowest BCUT2D eigenvalue weighted by Crippen LogP contribution is -2.24. The van der Waals surface area contributed by atoms with E-state index in [0.717, 1.165) is 61.9 Å². The molecule has 1 aromatic heterocycles. The highest BCUT2D eigenvalue weighted by Gasteiger charge is 2.18. The number of hydrogen-bond donors (Lipinski definition) is 0. The highest BCUT2D eigenvalue weighted by atomic mass is 16.7. The number of nitrogens with zero attached hydrogens (tertiary/aromatic N) is 3. The summed E-state index contributed by atoms with van der Waals surface area (Å²) < 4.78 is 13.6. The van der Waals surface area contributed by atoms with Crippen molar-refractivity contribution < 1.29 is 9.47 Å². The van der Waals surface area contributed by atoms with Crippen molar-refractivity contribution in [2.24, 2.45) is 0 Å². The van der Waals surface area contributed by atoms with Gasteiger partial charge in [0.25, 0.3) is 0 Å². The fraction of sp³-hybridized carbons (Fsp3) is 0.323. The first kappa shape index (κ1) is 24.1. The van der Waals surface area contributed by atoms with Crippen molar-refractivity contribution in [2.45, 2.75) is 59.8 Å². The summed E-state index contributed by atoms with van der Waals surface area (Å²) in [7, 11) is 0. The van der Waals surface area contributed by atoms with Crippen LogP contribution in [0.2, 0.25) is 0 Å². The molecule has 1 aliphatic rings. The van der Waals surface area contributed by atoms with E-state index in [4.69, 9.17) is 14.5 Å². The summed E-state index contributed by atoms with van der Waals surface area (Å²) >= 11 is 0. The Labute approximate surface area is 214 Å². The third-order valence-corrected chi connectivity index (χ3v) is 6.91. The first-order valence-electron chi connectivity index (χ1n) is 12.9. The van der Waals surface area contributed by atoms with Gasteiger partial charge in [-0.1, -0.05) is 67.9 Å². The van der Waals surface area contributed by atoms with Crippen molar-refractivity contribution in [3.63, 3.8) is 0 Å². The number of aromatic nitrogens is 2. The Morgan fingerprint density at radius 2 is 1.58 bits per heavy atom. The molecule has 0 unspecified atom stereocenters. The lowest BCUT2D eigenvalue weighted by molar-refractivity contribution is 0.174. The van der Waals surface area contributed by atoms with E-state index in [1.807, 2.05) is 6.07 Å². The summed E-state index contributed by atoms with van der Waals surface area (Å²) in [5, 5.41) is 0. The maximum atomic E-state index is 5.65. The molecule has 0 N–H and O–H groups in total. The molecule has 0 bridgehead atoms. The molecule has 36 heavy (non-hydrogen) atoms. The molecule has 0 aliphatic carbocycles. The molecule has 0 radical (unpaired) electrons. The largest absolute Gasteiger partial charge is 0.454 e. The van der Waals surface area contributed by atoms with Gasteiger partial charge in [-0.25, -0.2) is 4.98 Å². The molecule has 0 fully saturated rings. The average molecular weight is 482 g/mol. The summed E-state index contributed by atoms with van der Waals surface area (Å²) in [5.74, 6) is 2.70. The van der Waals surface area contributed by atoms with Crippen molar-refractivity contribution in [1.29, 1.82) is 0 Å². The fourth-order valence-corrected chi connectivity index (χ4v) is 4.77. The zero-order valence-corrected chi connectivity index (χ0v) is 21.5. The van der Waals surface area contributed by atoms with Gasteiger partial charge >= 0.3 is 0 Å². The quantitative estimate of drug-likeness (QED) is 0.247. The molecule has 0 saturated carbocycles. The fourth-order valence-electron chi connectivity index (χ4n) is 4.77. The Morgan fingerprint density at radius 3 is 2.36 bits per heavy atom. The normalized spacial score (nSPS) is 12.4. The van der Waals surface area contributed by atoms with Gasteiger partial charge in [0.15, 0.2) is 11.5 Å². The maximum absolute atomic E-state index is 5.65. The molecule has 3 aromatic carbocycles. The molecule has 1 aliphatic heterocycles. The topological polar surface area (TPSA) is 39.5 Å². The molecular formula is C31H35N3O2. The number of aryl methyl sites for hydroxylation is 2. The molecule has 0 saturated heterocycles. The predicted molar refractivity (Wildman–Crippen MR) is 144 cm³/mol. The highest BCUT2D eigenvalue weighted by Crippen LogP contribution is 2.33. The van der Waals surface area contributed by atoms with E-state index < -0.39 is 0 Å². The number of imidazole rings is 1. The van der Waals surface area contributed by atoms with Crippen molar-refractivity contribution in [3.05, 3.63) is 101 Å². The number of rotatable bonds is 10. The lowest BCUT2D eigenvalue weighted by atomic mass is 10.1. The number of hydrogen-bond acceptors (Lipinski definition) is 4. The van der Waals surface area contributed by atoms with Crippen LogP contribution in [0.4, 0.5) is 0 Å². The van der Waals surface area contributed by atoms with Gasteiger partial charge in [0.05, 0.1) is 11.9 Å². The van der Waals surface area contributed by atoms with Gasteiger partial charge in [0.1, 0.15) is 5.82 Å². The Balaban J connectivity index is 1.45. The van der Waals surface area contributed by atoms with Crippen LogP contribution < -0.4 is 9.47 Å². The number of ether oxygens (including phenoxy) is 2. The minimum absolute atomic E-state index is 0.296.